The van der Waals surface area contributed by atoms with Crippen molar-refractivity contribution in [1.82, 2.24) is 15.1 Å². The third-order valence-corrected chi connectivity index (χ3v) is 7.18. The molecule has 1 N–H and O–H groups in total. The first-order chi connectivity index (χ1) is 13.2. The van der Waals surface area contributed by atoms with Crippen molar-refractivity contribution in [3.8, 4) is 0 Å². The predicted octanol–water partition coefficient (Wildman–Crippen LogP) is 3.54. The Morgan fingerprint density at radius 2 is 1.78 bits per heavy atom. The monoisotopic (exact) mass is 389 g/mol. The summed E-state index contributed by atoms with van der Waals surface area (Å²) in [4.78, 5) is 17.4. The molecule has 4 rings (SSSR count). The molecule has 1 amide bonds. The molecule has 3 fully saturated rings. The van der Waals surface area contributed by atoms with E-state index in [-0.39, 0.29) is 5.92 Å². The van der Waals surface area contributed by atoms with Crippen molar-refractivity contribution in [1.29, 1.82) is 0 Å². The number of carbonyl (C=O) groups excluding carboxylic acids is 1. The van der Waals surface area contributed by atoms with Crippen LogP contribution in [0.3, 0.4) is 0 Å². The summed E-state index contributed by atoms with van der Waals surface area (Å²) < 4.78 is 0. The molecule has 0 aromatic heterocycles. The zero-order valence-electron chi connectivity index (χ0n) is 16.2. The van der Waals surface area contributed by atoms with Crippen molar-refractivity contribution in [2.24, 2.45) is 11.8 Å². The fourth-order valence-electron chi connectivity index (χ4n) is 5.22. The van der Waals surface area contributed by atoms with Crippen molar-refractivity contribution in [3.63, 3.8) is 0 Å². The average Bonchev–Trinajstić information content (AvgIpc) is 3.00. The molecule has 2 heterocycles. The largest absolute Gasteiger partial charge is 0.353 e. The lowest BCUT2D eigenvalue weighted by Gasteiger charge is -2.35. The lowest BCUT2D eigenvalue weighted by atomic mass is 9.78. The zero-order chi connectivity index (χ0) is 18.6. The van der Waals surface area contributed by atoms with E-state index in [9.17, 15) is 4.79 Å². The number of hydrogen-bond donors (Lipinski definition) is 1. The van der Waals surface area contributed by atoms with Gasteiger partial charge in [-0.15, -0.1) is 0 Å². The minimum atomic E-state index is 0.275. The van der Waals surface area contributed by atoms with Gasteiger partial charge in [0.05, 0.1) is 0 Å². The van der Waals surface area contributed by atoms with Crippen molar-refractivity contribution < 1.29 is 4.79 Å². The number of rotatable bonds is 6. The van der Waals surface area contributed by atoms with E-state index in [0.717, 1.165) is 57.1 Å². The lowest BCUT2D eigenvalue weighted by molar-refractivity contribution is -0.123. The first-order valence-electron chi connectivity index (χ1n) is 10.7. The fraction of sp³-hybridized carbons (Fsp3) is 0.682. The molecule has 2 saturated heterocycles. The molecule has 0 radical (unpaired) electrons. The first-order valence-corrected chi connectivity index (χ1v) is 11.1. The molecular weight excluding hydrogens is 358 g/mol. The normalized spacial score (nSPS) is 29.5. The molecular formula is C22H32ClN3O. The molecule has 1 aromatic rings. The molecule has 1 aliphatic carbocycles. The Labute approximate surface area is 168 Å². The SMILES string of the molecule is O=C1NC2CCCCC2C1CCCN1CCN(Cc2ccccc2Cl)CC1. The number of fused-ring (bicyclic) bond motifs is 1. The fourth-order valence-corrected chi connectivity index (χ4v) is 5.42. The van der Waals surface area contributed by atoms with Crippen LogP contribution in [0.4, 0.5) is 0 Å². The Balaban J connectivity index is 1.18. The van der Waals surface area contributed by atoms with Crippen LogP contribution in [0.1, 0.15) is 44.1 Å². The molecule has 5 heteroatoms. The number of piperazine rings is 1. The van der Waals surface area contributed by atoms with Gasteiger partial charge in [0.2, 0.25) is 5.91 Å². The predicted molar refractivity (Wildman–Crippen MR) is 110 cm³/mol. The summed E-state index contributed by atoms with van der Waals surface area (Å²) in [6, 6.07) is 8.63. The van der Waals surface area contributed by atoms with Gasteiger partial charge in [-0.1, -0.05) is 42.6 Å². The van der Waals surface area contributed by atoms with Gasteiger partial charge in [-0.3, -0.25) is 9.69 Å². The van der Waals surface area contributed by atoms with E-state index >= 15 is 0 Å². The third kappa shape index (κ3) is 4.67. The number of carbonyl (C=O) groups is 1. The van der Waals surface area contributed by atoms with Crippen molar-refractivity contribution in [2.45, 2.75) is 51.1 Å². The highest BCUT2D eigenvalue weighted by atomic mass is 35.5. The Hall–Kier alpha value is -1.10. The molecule has 1 aromatic carbocycles. The van der Waals surface area contributed by atoms with Crippen LogP contribution in [0, 0.1) is 11.8 Å². The van der Waals surface area contributed by atoms with Gasteiger partial charge in [0, 0.05) is 49.7 Å². The molecule has 4 nitrogen and oxygen atoms in total. The summed E-state index contributed by atoms with van der Waals surface area (Å²) in [5.41, 5.74) is 1.22. The van der Waals surface area contributed by atoms with Gasteiger partial charge in [0.25, 0.3) is 0 Å². The summed E-state index contributed by atoms with van der Waals surface area (Å²) >= 11 is 6.29. The Morgan fingerprint density at radius 3 is 2.59 bits per heavy atom. The number of hydrogen-bond acceptors (Lipinski definition) is 3. The Morgan fingerprint density at radius 1 is 1.04 bits per heavy atom. The maximum atomic E-state index is 12.3. The molecule has 1 saturated carbocycles. The smallest absolute Gasteiger partial charge is 0.223 e. The van der Waals surface area contributed by atoms with Gasteiger partial charge >= 0.3 is 0 Å². The standard InChI is InChI=1S/C22H32ClN3O/c23-20-9-3-1-6-17(20)16-26-14-12-25(13-15-26)11-5-8-19-18-7-2-4-10-21(18)24-22(19)27/h1,3,6,9,18-19,21H,2,4-5,7-8,10-16H2,(H,24,27). The summed E-state index contributed by atoms with van der Waals surface area (Å²) in [6.07, 6.45) is 7.24. The summed E-state index contributed by atoms with van der Waals surface area (Å²) in [6.45, 7) is 6.50. The number of halogens is 1. The zero-order valence-corrected chi connectivity index (χ0v) is 17.0. The Bertz CT molecular complexity index is 644. The van der Waals surface area contributed by atoms with E-state index in [1.54, 1.807) is 0 Å². The second-order valence-corrected chi connectivity index (χ2v) is 8.93. The second-order valence-electron chi connectivity index (χ2n) is 8.52. The second kappa shape index (κ2) is 8.93. The van der Waals surface area contributed by atoms with Crippen molar-refractivity contribution in [3.05, 3.63) is 34.9 Å². The molecule has 3 unspecified atom stereocenters. The number of benzene rings is 1. The molecule has 3 aliphatic rings. The first kappa shape index (κ1) is 19.2. The molecule has 0 bridgehead atoms. The molecule has 148 valence electrons. The average molecular weight is 390 g/mol. The van der Waals surface area contributed by atoms with Crippen LogP contribution in [0.15, 0.2) is 24.3 Å². The van der Waals surface area contributed by atoms with Gasteiger partial charge in [-0.2, -0.15) is 0 Å². The van der Waals surface area contributed by atoms with Crippen molar-refractivity contribution >= 4 is 17.5 Å². The Kier molecular flexibility index (Phi) is 6.36. The minimum Gasteiger partial charge on any atom is -0.353 e. The third-order valence-electron chi connectivity index (χ3n) is 6.81. The van der Waals surface area contributed by atoms with E-state index in [2.05, 4.69) is 27.2 Å². The van der Waals surface area contributed by atoms with E-state index in [1.807, 2.05) is 12.1 Å². The van der Waals surface area contributed by atoms with Crippen LogP contribution < -0.4 is 5.32 Å². The van der Waals surface area contributed by atoms with Gasteiger partial charge < -0.3 is 10.2 Å². The van der Waals surface area contributed by atoms with Crippen LogP contribution in [-0.4, -0.2) is 54.5 Å². The summed E-state index contributed by atoms with van der Waals surface area (Å²) in [5, 5.41) is 4.13. The van der Waals surface area contributed by atoms with Gasteiger partial charge in [-0.25, -0.2) is 0 Å². The van der Waals surface area contributed by atoms with Crippen LogP contribution >= 0.6 is 11.6 Å². The topological polar surface area (TPSA) is 35.6 Å². The van der Waals surface area contributed by atoms with Gasteiger partial charge in [-0.05, 0) is 49.8 Å². The number of nitrogens with one attached hydrogen (secondary N) is 1. The number of amides is 1. The van der Waals surface area contributed by atoms with E-state index in [4.69, 9.17) is 11.6 Å². The van der Waals surface area contributed by atoms with Crippen LogP contribution in [0.5, 0.6) is 0 Å². The molecule has 27 heavy (non-hydrogen) atoms. The van der Waals surface area contributed by atoms with Crippen molar-refractivity contribution in [2.75, 3.05) is 32.7 Å². The van der Waals surface area contributed by atoms with Crippen LogP contribution in [-0.2, 0) is 11.3 Å². The summed E-state index contributed by atoms with van der Waals surface area (Å²) in [7, 11) is 0. The van der Waals surface area contributed by atoms with Crippen LogP contribution in [0.2, 0.25) is 5.02 Å². The quantitative estimate of drug-likeness (QED) is 0.808. The lowest BCUT2D eigenvalue weighted by Crippen LogP contribution is -2.46. The molecule has 2 aliphatic heterocycles. The van der Waals surface area contributed by atoms with E-state index < -0.39 is 0 Å². The molecule has 3 atom stereocenters. The van der Waals surface area contributed by atoms with Gasteiger partial charge in [0.1, 0.15) is 0 Å². The van der Waals surface area contributed by atoms with E-state index in [0.29, 0.717) is 17.9 Å². The highest BCUT2D eigenvalue weighted by molar-refractivity contribution is 6.31. The summed E-state index contributed by atoms with van der Waals surface area (Å²) in [5.74, 6) is 1.21. The van der Waals surface area contributed by atoms with Gasteiger partial charge in [0.15, 0.2) is 0 Å². The maximum absolute atomic E-state index is 12.3. The highest BCUT2D eigenvalue weighted by Crippen LogP contribution is 2.37. The van der Waals surface area contributed by atoms with E-state index in [1.165, 1.54) is 31.2 Å². The highest BCUT2D eigenvalue weighted by Gasteiger charge is 2.42. The van der Waals surface area contributed by atoms with Crippen LogP contribution in [0.25, 0.3) is 0 Å². The molecule has 0 spiro atoms. The minimum absolute atomic E-state index is 0.275. The number of nitrogens with zero attached hydrogens (tertiary/aromatic N) is 2. The maximum Gasteiger partial charge on any atom is 0.223 e.